The largest absolute Gasteiger partial charge is 0.504 e. The summed E-state index contributed by atoms with van der Waals surface area (Å²) in [4.78, 5) is 0. The number of aromatic hydroxyl groups is 1. The molecule has 3 heterocycles. The molecular formula is C10H11N3O2. The Morgan fingerprint density at radius 3 is 3.20 bits per heavy atom. The van der Waals surface area contributed by atoms with Crippen LogP contribution in [-0.4, -0.2) is 26.3 Å². The number of hydrogen-bond donors (Lipinski definition) is 1. The van der Waals surface area contributed by atoms with E-state index >= 15 is 0 Å². The van der Waals surface area contributed by atoms with Crippen molar-refractivity contribution in [2.75, 3.05) is 6.61 Å². The fourth-order valence-electron chi connectivity index (χ4n) is 1.92. The van der Waals surface area contributed by atoms with E-state index in [2.05, 4.69) is 10.2 Å². The lowest BCUT2D eigenvalue weighted by molar-refractivity contribution is 0.104. The Labute approximate surface area is 86.3 Å². The third kappa shape index (κ3) is 1.27. The van der Waals surface area contributed by atoms with Gasteiger partial charge >= 0.3 is 0 Å². The Kier molecular flexibility index (Phi) is 1.85. The zero-order chi connectivity index (χ0) is 10.3. The van der Waals surface area contributed by atoms with Crippen molar-refractivity contribution in [3.05, 3.63) is 24.2 Å². The molecule has 1 atom stereocenters. The van der Waals surface area contributed by atoms with Crippen molar-refractivity contribution in [3.63, 3.8) is 0 Å². The second kappa shape index (κ2) is 3.20. The van der Waals surface area contributed by atoms with Crippen LogP contribution in [0.25, 0.3) is 5.65 Å². The molecule has 1 unspecified atom stereocenters. The van der Waals surface area contributed by atoms with Gasteiger partial charge in [-0.15, -0.1) is 10.2 Å². The fraction of sp³-hybridized carbons (Fsp3) is 0.400. The van der Waals surface area contributed by atoms with Crippen molar-refractivity contribution in [2.24, 2.45) is 0 Å². The van der Waals surface area contributed by atoms with Crippen molar-refractivity contribution in [2.45, 2.75) is 18.9 Å². The van der Waals surface area contributed by atoms with E-state index in [1.54, 1.807) is 16.5 Å². The minimum Gasteiger partial charge on any atom is -0.504 e. The Hall–Kier alpha value is -1.62. The number of ether oxygens (including phenoxy) is 1. The third-order valence-corrected chi connectivity index (χ3v) is 2.66. The highest BCUT2D eigenvalue weighted by Gasteiger charge is 2.23. The Morgan fingerprint density at radius 1 is 1.47 bits per heavy atom. The molecule has 1 aliphatic heterocycles. The summed E-state index contributed by atoms with van der Waals surface area (Å²) in [7, 11) is 0. The summed E-state index contributed by atoms with van der Waals surface area (Å²) in [5.74, 6) is 0.924. The second-order valence-electron chi connectivity index (χ2n) is 3.65. The molecule has 0 aromatic carbocycles. The first kappa shape index (κ1) is 8.67. The Balaban J connectivity index is 2.15. The first-order valence-corrected chi connectivity index (χ1v) is 5.00. The summed E-state index contributed by atoms with van der Waals surface area (Å²) in [6, 6.07) is 3.37. The van der Waals surface area contributed by atoms with Gasteiger partial charge in [0.25, 0.3) is 0 Å². The number of nitrogens with zero attached hydrogens (tertiary/aromatic N) is 3. The van der Waals surface area contributed by atoms with Crippen LogP contribution in [0, 0.1) is 0 Å². The molecule has 5 heteroatoms. The number of fused-ring (bicyclic) bond motifs is 1. The summed E-state index contributed by atoms with van der Waals surface area (Å²) >= 11 is 0. The van der Waals surface area contributed by atoms with Gasteiger partial charge in [-0.1, -0.05) is 0 Å². The topological polar surface area (TPSA) is 59.7 Å². The summed E-state index contributed by atoms with van der Waals surface area (Å²) in [5, 5.41) is 17.6. The standard InChI is InChI=1S/C10H11N3O2/c14-7-3-1-5-13-9(7)11-12-10(13)8-4-2-6-15-8/h1,3,5,8,14H,2,4,6H2. The molecule has 1 saturated heterocycles. The van der Waals surface area contributed by atoms with Crippen LogP contribution < -0.4 is 0 Å². The van der Waals surface area contributed by atoms with Crippen molar-refractivity contribution in [3.8, 4) is 5.75 Å². The highest BCUT2D eigenvalue weighted by Crippen LogP contribution is 2.28. The van der Waals surface area contributed by atoms with Gasteiger partial charge < -0.3 is 9.84 Å². The zero-order valence-electron chi connectivity index (χ0n) is 8.13. The predicted octanol–water partition coefficient (Wildman–Crippen LogP) is 1.29. The maximum atomic E-state index is 9.56. The molecule has 0 saturated carbocycles. The molecule has 2 aromatic rings. The van der Waals surface area contributed by atoms with Crippen LogP contribution in [0.5, 0.6) is 5.75 Å². The van der Waals surface area contributed by atoms with Gasteiger partial charge in [0.05, 0.1) is 0 Å². The van der Waals surface area contributed by atoms with E-state index < -0.39 is 0 Å². The van der Waals surface area contributed by atoms with Crippen molar-refractivity contribution in [1.29, 1.82) is 0 Å². The second-order valence-corrected chi connectivity index (χ2v) is 3.65. The molecule has 3 rings (SSSR count). The quantitative estimate of drug-likeness (QED) is 0.762. The minimum absolute atomic E-state index is 0.0156. The van der Waals surface area contributed by atoms with Gasteiger partial charge in [0.1, 0.15) is 6.10 Å². The summed E-state index contributed by atoms with van der Waals surface area (Å²) in [6.45, 7) is 0.776. The van der Waals surface area contributed by atoms with Gasteiger partial charge in [-0.2, -0.15) is 0 Å². The highest BCUT2D eigenvalue weighted by atomic mass is 16.5. The van der Waals surface area contributed by atoms with Crippen LogP contribution in [0.1, 0.15) is 24.8 Å². The number of aromatic nitrogens is 3. The van der Waals surface area contributed by atoms with E-state index in [0.29, 0.717) is 5.65 Å². The lowest BCUT2D eigenvalue weighted by Crippen LogP contribution is -2.02. The predicted molar refractivity (Wildman–Crippen MR) is 52.6 cm³/mol. The van der Waals surface area contributed by atoms with Gasteiger partial charge in [-0.25, -0.2) is 0 Å². The summed E-state index contributed by atoms with van der Waals surface area (Å²) in [6.07, 6.45) is 3.88. The van der Waals surface area contributed by atoms with E-state index in [4.69, 9.17) is 4.74 Å². The molecule has 0 radical (unpaired) electrons. The molecule has 0 aliphatic carbocycles. The van der Waals surface area contributed by atoms with Gasteiger partial charge in [-0.3, -0.25) is 4.40 Å². The first-order chi connectivity index (χ1) is 7.36. The highest BCUT2D eigenvalue weighted by molar-refractivity contribution is 5.52. The van der Waals surface area contributed by atoms with E-state index in [1.807, 2.05) is 6.20 Å². The molecule has 5 nitrogen and oxygen atoms in total. The van der Waals surface area contributed by atoms with E-state index in [-0.39, 0.29) is 11.9 Å². The normalized spacial score (nSPS) is 21.2. The molecule has 0 bridgehead atoms. The van der Waals surface area contributed by atoms with E-state index in [1.165, 1.54) is 0 Å². The average molecular weight is 205 g/mol. The van der Waals surface area contributed by atoms with Crippen molar-refractivity contribution >= 4 is 5.65 Å². The smallest absolute Gasteiger partial charge is 0.203 e. The maximum Gasteiger partial charge on any atom is 0.203 e. The van der Waals surface area contributed by atoms with Crippen LogP contribution in [-0.2, 0) is 4.74 Å². The third-order valence-electron chi connectivity index (χ3n) is 2.66. The molecule has 1 N–H and O–H groups in total. The minimum atomic E-state index is 0.0156. The Bertz CT molecular complexity index is 488. The first-order valence-electron chi connectivity index (χ1n) is 5.00. The molecule has 0 spiro atoms. The molecule has 78 valence electrons. The molecule has 0 amide bonds. The number of pyridine rings is 1. The molecule has 1 aliphatic rings. The van der Waals surface area contributed by atoms with Crippen molar-refractivity contribution < 1.29 is 9.84 Å². The monoisotopic (exact) mass is 205 g/mol. The van der Waals surface area contributed by atoms with Gasteiger partial charge in [0, 0.05) is 12.8 Å². The summed E-state index contributed by atoms with van der Waals surface area (Å²) in [5.41, 5.74) is 0.489. The lowest BCUT2D eigenvalue weighted by atomic mass is 10.2. The Morgan fingerprint density at radius 2 is 2.40 bits per heavy atom. The van der Waals surface area contributed by atoms with Crippen LogP contribution in [0.3, 0.4) is 0 Å². The average Bonchev–Trinajstić information content (AvgIpc) is 2.85. The van der Waals surface area contributed by atoms with E-state index in [0.717, 1.165) is 25.3 Å². The summed E-state index contributed by atoms with van der Waals surface area (Å²) < 4.78 is 7.32. The van der Waals surface area contributed by atoms with Gasteiger partial charge in [0.15, 0.2) is 11.6 Å². The van der Waals surface area contributed by atoms with Gasteiger partial charge in [0.2, 0.25) is 5.65 Å². The fourth-order valence-corrected chi connectivity index (χ4v) is 1.92. The number of hydrogen-bond acceptors (Lipinski definition) is 4. The van der Waals surface area contributed by atoms with E-state index in [9.17, 15) is 5.11 Å². The van der Waals surface area contributed by atoms with Crippen LogP contribution in [0.15, 0.2) is 18.3 Å². The maximum absolute atomic E-state index is 9.56. The molecular weight excluding hydrogens is 194 g/mol. The SMILES string of the molecule is Oc1cccn2c(C3CCCO3)nnc12. The van der Waals surface area contributed by atoms with Crippen LogP contribution in [0.4, 0.5) is 0 Å². The lowest BCUT2D eigenvalue weighted by Gasteiger charge is -2.06. The van der Waals surface area contributed by atoms with Gasteiger partial charge in [-0.05, 0) is 25.0 Å². The molecule has 2 aromatic heterocycles. The molecule has 1 fully saturated rings. The zero-order valence-corrected chi connectivity index (χ0v) is 8.13. The van der Waals surface area contributed by atoms with Crippen molar-refractivity contribution in [1.82, 2.24) is 14.6 Å². The van der Waals surface area contributed by atoms with Crippen LogP contribution >= 0.6 is 0 Å². The molecule has 15 heavy (non-hydrogen) atoms. The number of rotatable bonds is 1. The van der Waals surface area contributed by atoms with Crippen LogP contribution in [0.2, 0.25) is 0 Å².